The van der Waals surface area contributed by atoms with Crippen molar-refractivity contribution in [3.8, 4) is 0 Å². The van der Waals surface area contributed by atoms with Crippen LogP contribution in [0.25, 0.3) is 0 Å². The maximum atomic E-state index is 13.0. The Morgan fingerprint density at radius 3 is 2.77 bits per heavy atom. The molecule has 0 N–H and O–H groups in total. The fraction of sp³-hybridized carbons (Fsp3) is 0.571. The average molecular weight is 316 g/mol. The first-order valence-corrected chi connectivity index (χ1v) is 6.92. The summed E-state index contributed by atoms with van der Waals surface area (Å²) < 4.78 is 44.5. The number of nitrogens with zero attached hydrogens (tertiary/aromatic N) is 4. The normalized spacial score (nSPS) is 18.6. The Balaban J connectivity index is 2.23. The van der Waals surface area contributed by atoms with Crippen LogP contribution in [0.3, 0.4) is 0 Å². The minimum absolute atomic E-state index is 0.0426. The van der Waals surface area contributed by atoms with E-state index in [9.17, 15) is 13.2 Å². The van der Waals surface area contributed by atoms with E-state index in [-0.39, 0.29) is 17.9 Å². The molecule has 1 unspecified atom stereocenters. The molecule has 0 aromatic carbocycles. The number of anilines is 2. The molecule has 5 nitrogen and oxygen atoms in total. The van der Waals surface area contributed by atoms with E-state index in [1.807, 2.05) is 0 Å². The molecule has 1 saturated heterocycles. The number of rotatable bonds is 5. The molecule has 0 spiro atoms. The molecule has 1 aromatic rings. The molecule has 0 radical (unpaired) electrons. The van der Waals surface area contributed by atoms with Gasteiger partial charge in [-0.05, 0) is 6.42 Å². The summed E-state index contributed by atoms with van der Waals surface area (Å²) >= 11 is 0. The molecule has 2 heterocycles. The van der Waals surface area contributed by atoms with E-state index in [1.54, 1.807) is 25.1 Å². The van der Waals surface area contributed by atoms with Crippen LogP contribution in [0.2, 0.25) is 0 Å². The van der Waals surface area contributed by atoms with E-state index < -0.39 is 11.9 Å². The van der Waals surface area contributed by atoms with Gasteiger partial charge in [-0.3, -0.25) is 0 Å². The maximum Gasteiger partial charge on any atom is 0.433 e. The van der Waals surface area contributed by atoms with Crippen LogP contribution in [-0.2, 0) is 10.9 Å². The van der Waals surface area contributed by atoms with Crippen LogP contribution in [-0.4, -0.2) is 49.9 Å². The lowest BCUT2D eigenvalue weighted by atomic mass is 10.3. The van der Waals surface area contributed by atoms with E-state index in [1.165, 1.54) is 4.90 Å². The summed E-state index contributed by atoms with van der Waals surface area (Å²) in [5, 5.41) is 0. The fourth-order valence-electron chi connectivity index (χ4n) is 2.19. The third-order valence-corrected chi connectivity index (χ3v) is 3.33. The highest BCUT2D eigenvalue weighted by molar-refractivity contribution is 5.46. The van der Waals surface area contributed by atoms with Crippen molar-refractivity contribution in [2.45, 2.75) is 18.7 Å². The Bertz CT molecular complexity index is 533. The van der Waals surface area contributed by atoms with Crippen molar-refractivity contribution in [1.82, 2.24) is 9.97 Å². The van der Waals surface area contributed by atoms with Gasteiger partial charge in [0.25, 0.3) is 0 Å². The molecule has 1 fully saturated rings. The monoisotopic (exact) mass is 316 g/mol. The molecule has 0 bridgehead atoms. The van der Waals surface area contributed by atoms with Crippen molar-refractivity contribution < 1.29 is 17.9 Å². The SMILES string of the molecule is C=CCOC1CCN(c2nc(N(C)C)cc(C(F)(F)F)n2)C1. The molecule has 0 saturated carbocycles. The second-order valence-corrected chi connectivity index (χ2v) is 5.28. The molecule has 8 heteroatoms. The predicted octanol–water partition coefficient (Wildman–Crippen LogP) is 2.34. The molecule has 2 rings (SSSR count). The van der Waals surface area contributed by atoms with Crippen LogP contribution in [0, 0.1) is 0 Å². The Hall–Kier alpha value is -1.83. The largest absolute Gasteiger partial charge is 0.433 e. The smallest absolute Gasteiger partial charge is 0.372 e. The second-order valence-electron chi connectivity index (χ2n) is 5.28. The lowest BCUT2D eigenvalue weighted by Crippen LogP contribution is -2.27. The van der Waals surface area contributed by atoms with Crippen molar-refractivity contribution in [3.63, 3.8) is 0 Å². The molecular weight excluding hydrogens is 297 g/mol. The number of alkyl halides is 3. The number of hydrogen-bond acceptors (Lipinski definition) is 5. The first kappa shape index (κ1) is 16.5. The van der Waals surface area contributed by atoms with Gasteiger partial charge in [0.2, 0.25) is 5.95 Å². The maximum absolute atomic E-state index is 13.0. The molecule has 0 amide bonds. The van der Waals surface area contributed by atoms with E-state index in [0.717, 1.165) is 12.5 Å². The number of ether oxygens (including phenoxy) is 1. The van der Waals surface area contributed by atoms with Crippen molar-refractivity contribution in [3.05, 3.63) is 24.4 Å². The van der Waals surface area contributed by atoms with Crippen LogP contribution >= 0.6 is 0 Å². The Morgan fingerprint density at radius 1 is 1.45 bits per heavy atom. The highest BCUT2D eigenvalue weighted by Crippen LogP contribution is 2.31. The van der Waals surface area contributed by atoms with Gasteiger partial charge in [-0.25, -0.2) is 4.98 Å². The summed E-state index contributed by atoms with van der Waals surface area (Å²) in [7, 11) is 3.29. The average Bonchev–Trinajstić information content (AvgIpc) is 2.92. The lowest BCUT2D eigenvalue weighted by Gasteiger charge is -2.20. The zero-order chi connectivity index (χ0) is 16.3. The van der Waals surface area contributed by atoms with Gasteiger partial charge in [0, 0.05) is 33.3 Å². The standard InChI is InChI=1S/C14H19F3N4O/c1-4-7-22-10-5-6-21(9-10)13-18-11(14(15,16)17)8-12(19-13)20(2)3/h4,8,10H,1,5-7,9H2,2-3H3. The first-order chi connectivity index (χ1) is 10.3. The highest BCUT2D eigenvalue weighted by Gasteiger charge is 2.35. The van der Waals surface area contributed by atoms with Crippen LogP contribution in [0.5, 0.6) is 0 Å². The van der Waals surface area contributed by atoms with E-state index in [0.29, 0.717) is 19.7 Å². The minimum atomic E-state index is -4.50. The topological polar surface area (TPSA) is 41.5 Å². The fourth-order valence-corrected chi connectivity index (χ4v) is 2.19. The summed E-state index contributed by atoms with van der Waals surface area (Å²) in [5.41, 5.74) is -0.934. The van der Waals surface area contributed by atoms with Gasteiger partial charge in [-0.2, -0.15) is 18.2 Å². The summed E-state index contributed by atoms with van der Waals surface area (Å²) in [6, 6.07) is 0.950. The van der Waals surface area contributed by atoms with Crippen molar-refractivity contribution in [2.24, 2.45) is 0 Å². The number of hydrogen-bond donors (Lipinski definition) is 0. The summed E-state index contributed by atoms with van der Waals surface area (Å²) in [6.45, 7) is 5.04. The van der Waals surface area contributed by atoms with Crippen molar-refractivity contribution >= 4 is 11.8 Å². The van der Waals surface area contributed by atoms with Gasteiger partial charge < -0.3 is 14.5 Å². The molecular formula is C14H19F3N4O. The van der Waals surface area contributed by atoms with E-state index >= 15 is 0 Å². The quantitative estimate of drug-likeness (QED) is 0.780. The Labute approximate surface area is 127 Å². The van der Waals surface area contributed by atoms with Crippen molar-refractivity contribution in [1.29, 1.82) is 0 Å². The Kier molecular flexibility index (Phi) is 4.90. The molecule has 1 aliphatic rings. The molecule has 22 heavy (non-hydrogen) atoms. The lowest BCUT2D eigenvalue weighted by molar-refractivity contribution is -0.141. The predicted molar refractivity (Wildman–Crippen MR) is 78.1 cm³/mol. The number of aromatic nitrogens is 2. The summed E-state index contributed by atoms with van der Waals surface area (Å²) in [6.07, 6.45) is -2.17. The third kappa shape index (κ3) is 3.88. The zero-order valence-electron chi connectivity index (χ0n) is 12.6. The molecule has 0 aliphatic carbocycles. The van der Waals surface area contributed by atoms with Crippen molar-refractivity contribution in [2.75, 3.05) is 43.6 Å². The first-order valence-electron chi connectivity index (χ1n) is 6.92. The van der Waals surface area contributed by atoms with Gasteiger partial charge in [0.05, 0.1) is 12.7 Å². The molecule has 1 aliphatic heterocycles. The number of halogens is 3. The van der Waals surface area contributed by atoms with Gasteiger partial charge in [0.15, 0.2) is 5.69 Å². The zero-order valence-corrected chi connectivity index (χ0v) is 12.6. The second kappa shape index (κ2) is 6.51. The molecule has 1 aromatic heterocycles. The van der Waals surface area contributed by atoms with Crippen LogP contribution in [0.4, 0.5) is 24.9 Å². The minimum Gasteiger partial charge on any atom is -0.372 e. The third-order valence-electron chi connectivity index (χ3n) is 3.33. The molecule has 1 atom stereocenters. The van der Waals surface area contributed by atoms with E-state index in [4.69, 9.17) is 4.74 Å². The summed E-state index contributed by atoms with van der Waals surface area (Å²) in [5.74, 6) is 0.316. The summed E-state index contributed by atoms with van der Waals surface area (Å²) in [4.78, 5) is 11.1. The van der Waals surface area contributed by atoms with Crippen LogP contribution in [0.1, 0.15) is 12.1 Å². The van der Waals surface area contributed by atoms with Gasteiger partial charge in [0.1, 0.15) is 5.82 Å². The van der Waals surface area contributed by atoms with Crippen LogP contribution < -0.4 is 9.80 Å². The molecule has 122 valence electrons. The van der Waals surface area contributed by atoms with Gasteiger partial charge in [-0.15, -0.1) is 6.58 Å². The van der Waals surface area contributed by atoms with Gasteiger partial charge >= 0.3 is 6.18 Å². The van der Waals surface area contributed by atoms with E-state index in [2.05, 4.69) is 16.5 Å². The van der Waals surface area contributed by atoms with Crippen LogP contribution in [0.15, 0.2) is 18.7 Å². The highest BCUT2D eigenvalue weighted by atomic mass is 19.4. The Morgan fingerprint density at radius 2 is 2.18 bits per heavy atom. The van der Waals surface area contributed by atoms with Gasteiger partial charge in [-0.1, -0.05) is 6.08 Å².